The van der Waals surface area contributed by atoms with Crippen molar-refractivity contribution in [3.8, 4) is 6.07 Å². The summed E-state index contributed by atoms with van der Waals surface area (Å²) in [7, 11) is 0. The summed E-state index contributed by atoms with van der Waals surface area (Å²) in [6.45, 7) is 3.74. The van der Waals surface area contributed by atoms with E-state index in [0.717, 1.165) is 13.1 Å². The quantitative estimate of drug-likeness (QED) is 0.727. The van der Waals surface area contributed by atoms with Crippen molar-refractivity contribution in [2.24, 2.45) is 5.41 Å². The fourth-order valence-corrected chi connectivity index (χ4v) is 2.11. The van der Waals surface area contributed by atoms with Crippen LogP contribution < -0.4 is 5.32 Å². The molecule has 0 bridgehead atoms. The van der Waals surface area contributed by atoms with Crippen molar-refractivity contribution in [2.45, 2.75) is 12.8 Å². The third-order valence-corrected chi connectivity index (χ3v) is 3.07. The zero-order valence-electron chi connectivity index (χ0n) is 8.33. The van der Waals surface area contributed by atoms with Gasteiger partial charge in [-0.25, -0.2) is 0 Å². The summed E-state index contributed by atoms with van der Waals surface area (Å²) < 4.78 is 0. The Kier molecular flexibility index (Phi) is 2.26. The van der Waals surface area contributed by atoms with Crippen molar-refractivity contribution in [1.29, 1.82) is 5.26 Å². The van der Waals surface area contributed by atoms with Crippen molar-refractivity contribution in [3.63, 3.8) is 0 Å². The predicted molar refractivity (Wildman–Crippen MR) is 55.8 cm³/mol. The summed E-state index contributed by atoms with van der Waals surface area (Å²) in [5.41, 5.74) is 1.02. The first kappa shape index (κ1) is 9.23. The van der Waals surface area contributed by atoms with Gasteiger partial charge >= 0.3 is 0 Å². The monoisotopic (exact) mass is 186 g/mol. The number of nitriles is 1. The van der Waals surface area contributed by atoms with Crippen LogP contribution in [0, 0.1) is 16.7 Å². The summed E-state index contributed by atoms with van der Waals surface area (Å²) in [6.07, 6.45) is 0. The number of nitrogens with one attached hydrogen (secondary N) is 1. The van der Waals surface area contributed by atoms with Gasteiger partial charge in [0.1, 0.15) is 0 Å². The van der Waals surface area contributed by atoms with Gasteiger partial charge in [-0.2, -0.15) is 5.26 Å². The van der Waals surface area contributed by atoms with E-state index < -0.39 is 0 Å². The molecular formula is C12H14N2. The molecule has 2 atom stereocenters. The van der Waals surface area contributed by atoms with E-state index in [9.17, 15) is 0 Å². The van der Waals surface area contributed by atoms with Gasteiger partial charge in [-0.3, -0.25) is 0 Å². The lowest BCUT2D eigenvalue weighted by Crippen LogP contribution is -2.22. The van der Waals surface area contributed by atoms with Crippen LogP contribution in [0.25, 0.3) is 0 Å². The molecule has 0 aliphatic carbocycles. The highest BCUT2D eigenvalue weighted by molar-refractivity contribution is 5.27. The Balaban J connectivity index is 2.32. The van der Waals surface area contributed by atoms with E-state index in [2.05, 4.69) is 23.5 Å². The highest BCUT2D eigenvalue weighted by atomic mass is 14.9. The molecule has 1 heterocycles. The molecule has 0 aromatic heterocycles. The Labute approximate surface area is 84.6 Å². The first-order chi connectivity index (χ1) is 6.76. The second kappa shape index (κ2) is 3.43. The SMILES string of the molecule is C[C@]1(C#N)CNC[C@@H]1c1ccccc1. The van der Waals surface area contributed by atoms with Gasteiger partial charge in [-0.15, -0.1) is 0 Å². The lowest BCUT2D eigenvalue weighted by molar-refractivity contribution is 0.437. The van der Waals surface area contributed by atoms with E-state index in [4.69, 9.17) is 5.26 Å². The average molecular weight is 186 g/mol. The molecule has 0 unspecified atom stereocenters. The van der Waals surface area contributed by atoms with Gasteiger partial charge in [0.2, 0.25) is 0 Å². The minimum Gasteiger partial charge on any atom is -0.314 e. The first-order valence-electron chi connectivity index (χ1n) is 4.93. The molecule has 1 fully saturated rings. The topological polar surface area (TPSA) is 35.8 Å². The van der Waals surface area contributed by atoms with Crippen LogP contribution in [0.2, 0.25) is 0 Å². The maximum atomic E-state index is 9.17. The second-order valence-corrected chi connectivity index (χ2v) is 4.12. The molecule has 1 saturated heterocycles. The summed E-state index contributed by atoms with van der Waals surface area (Å²) in [5.74, 6) is 0.327. The van der Waals surface area contributed by atoms with E-state index >= 15 is 0 Å². The summed E-state index contributed by atoms with van der Waals surface area (Å²) >= 11 is 0. The number of benzene rings is 1. The summed E-state index contributed by atoms with van der Waals surface area (Å²) in [4.78, 5) is 0. The molecule has 0 spiro atoms. The highest BCUT2D eigenvalue weighted by Gasteiger charge is 2.39. The van der Waals surface area contributed by atoms with Crippen molar-refractivity contribution in [3.05, 3.63) is 35.9 Å². The Hall–Kier alpha value is -1.33. The molecule has 1 N–H and O–H groups in total. The first-order valence-corrected chi connectivity index (χ1v) is 4.93. The van der Waals surface area contributed by atoms with Crippen molar-refractivity contribution >= 4 is 0 Å². The Morgan fingerprint density at radius 2 is 2.14 bits per heavy atom. The van der Waals surface area contributed by atoms with Crippen LogP contribution in [-0.4, -0.2) is 13.1 Å². The third kappa shape index (κ3) is 1.40. The molecule has 14 heavy (non-hydrogen) atoms. The molecule has 2 heteroatoms. The summed E-state index contributed by atoms with van der Waals surface area (Å²) in [5, 5.41) is 12.5. The molecule has 1 aliphatic heterocycles. The Bertz CT molecular complexity index is 352. The van der Waals surface area contributed by atoms with Gasteiger partial charge in [-0.05, 0) is 12.5 Å². The van der Waals surface area contributed by atoms with E-state index in [-0.39, 0.29) is 5.41 Å². The van der Waals surface area contributed by atoms with Crippen LogP contribution in [0.4, 0.5) is 0 Å². The molecule has 72 valence electrons. The van der Waals surface area contributed by atoms with Crippen LogP contribution >= 0.6 is 0 Å². The van der Waals surface area contributed by atoms with Crippen LogP contribution in [0.1, 0.15) is 18.4 Å². The van der Waals surface area contributed by atoms with Gasteiger partial charge in [0.25, 0.3) is 0 Å². The maximum absolute atomic E-state index is 9.17. The number of nitrogens with zero attached hydrogens (tertiary/aromatic N) is 1. The van der Waals surface area contributed by atoms with Gasteiger partial charge in [0.15, 0.2) is 0 Å². The molecule has 0 saturated carbocycles. The summed E-state index contributed by atoms with van der Waals surface area (Å²) in [6, 6.07) is 12.7. The molecular weight excluding hydrogens is 172 g/mol. The largest absolute Gasteiger partial charge is 0.314 e. The minimum absolute atomic E-state index is 0.249. The standard InChI is InChI=1S/C12H14N2/c1-12(8-13)9-14-7-11(12)10-5-3-2-4-6-10/h2-6,11,14H,7,9H2,1H3/t11-,12+/m1/s1. The fourth-order valence-electron chi connectivity index (χ4n) is 2.11. The van der Waals surface area contributed by atoms with Crippen molar-refractivity contribution in [1.82, 2.24) is 5.32 Å². The normalized spacial score (nSPS) is 31.3. The van der Waals surface area contributed by atoms with Crippen LogP contribution in [-0.2, 0) is 0 Å². The van der Waals surface area contributed by atoms with E-state index in [0.29, 0.717) is 5.92 Å². The van der Waals surface area contributed by atoms with Gasteiger partial charge in [-0.1, -0.05) is 30.3 Å². The second-order valence-electron chi connectivity index (χ2n) is 4.12. The number of rotatable bonds is 1. The van der Waals surface area contributed by atoms with Crippen molar-refractivity contribution in [2.75, 3.05) is 13.1 Å². The number of hydrogen-bond donors (Lipinski definition) is 1. The zero-order chi connectivity index (χ0) is 10.0. The Morgan fingerprint density at radius 3 is 2.79 bits per heavy atom. The van der Waals surface area contributed by atoms with Gasteiger partial charge in [0, 0.05) is 19.0 Å². The lowest BCUT2D eigenvalue weighted by Gasteiger charge is -2.22. The maximum Gasteiger partial charge on any atom is 0.0750 e. The van der Waals surface area contributed by atoms with Crippen molar-refractivity contribution < 1.29 is 0 Å². The molecule has 1 aromatic carbocycles. The van der Waals surface area contributed by atoms with Crippen LogP contribution in [0.15, 0.2) is 30.3 Å². The van der Waals surface area contributed by atoms with Gasteiger partial charge in [0.05, 0.1) is 11.5 Å². The molecule has 1 aromatic rings. The lowest BCUT2D eigenvalue weighted by atomic mass is 9.77. The van der Waals surface area contributed by atoms with Crippen LogP contribution in [0.5, 0.6) is 0 Å². The molecule has 2 nitrogen and oxygen atoms in total. The van der Waals surface area contributed by atoms with E-state index in [1.807, 2.05) is 25.1 Å². The van der Waals surface area contributed by atoms with Crippen LogP contribution in [0.3, 0.4) is 0 Å². The number of hydrogen-bond acceptors (Lipinski definition) is 2. The molecule has 2 rings (SSSR count). The predicted octanol–water partition coefficient (Wildman–Crippen LogP) is 1.90. The highest BCUT2D eigenvalue weighted by Crippen LogP contribution is 2.37. The van der Waals surface area contributed by atoms with E-state index in [1.54, 1.807) is 0 Å². The Morgan fingerprint density at radius 1 is 1.43 bits per heavy atom. The smallest absolute Gasteiger partial charge is 0.0750 e. The van der Waals surface area contributed by atoms with E-state index in [1.165, 1.54) is 5.56 Å². The molecule has 1 aliphatic rings. The zero-order valence-corrected chi connectivity index (χ0v) is 8.33. The minimum atomic E-state index is -0.249. The fraction of sp³-hybridized carbons (Fsp3) is 0.417. The van der Waals surface area contributed by atoms with Gasteiger partial charge < -0.3 is 5.32 Å². The average Bonchev–Trinajstić information content (AvgIpc) is 2.63. The molecule has 0 amide bonds. The molecule has 0 radical (unpaired) electrons. The third-order valence-electron chi connectivity index (χ3n) is 3.07.